The molecule has 4 heterocycles. The minimum absolute atomic E-state index is 0.0426. The van der Waals surface area contributed by atoms with Crippen LogP contribution in [0.5, 0.6) is 5.75 Å². The lowest BCUT2D eigenvalue weighted by Crippen LogP contribution is -2.55. The Morgan fingerprint density at radius 2 is 1.23 bits per heavy atom. The van der Waals surface area contributed by atoms with Gasteiger partial charge in [0.2, 0.25) is 20.0 Å². The van der Waals surface area contributed by atoms with E-state index in [9.17, 15) is 52.8 Å². The molecule has 13 nitrogen and oxygen atoms in total. The maximum Gasteiger partial charge on any atom is 0.573 e. The number of aryl methyl sites for hydroxylation is 1. The van der Waals surface area contributed by atoms with E-state index in [2.05, 4.69) is 14.7 Å². The highest BCUT2D eigenvalue weighted by Gasteiger charge is 2.37. The fraction of sp³-hybridized carbons (Fsp3) is 0.273. The molecule has 65 heavy (non-hydrogen) atoms. The Hall–Kier alpha value is -6.16. The largest absolute Gasteiger partial charge is 0.573 e. The Morgan fingerprint density at radius 1 is 0.662 bits per heavy atom. The molecule has 0 aliphatic carbocycles. The van der Waals surface area contributed by atoms with Crippen molar-refractivity contribution in [2.24, 2.45) is 0 Å². The maximum atomic E-state index is 13.1. The smallest absolute Gasteiger partial charge is 0.406 e. The van der Waals surface area contributed by atoms with Crippen LogP contribution in [0.4, 0.5) is 26.3 Å². The van der Waals surface area contributed by atoms with Crippen LogP contribution in [0.15, 0.2) is 125 Å². The third-order valence-corrected chi connectivity index (χ3v) is 14.8. The number of ether oxygens (including phenoxy) is 1. The third-order valence-electron chi connectivity index (χ3n) is 11.0. The van der Waals surface area contributed by atoms with Crippen molar-refractivity contribution >= 4 is 53.7 Å². The molecule has 0 unspecified atom stereocenters. The molecule has 6 aromatic rings. The van der Waals surface area contributed by atoms with Crippen LogP contribution in [-0.2, 0) is 26.2 Å². The molecule has 2 aliphatic heterocycles. The fourth-order valence-electron chi connectivity index (χ4n) is 7.56. The number of nitrogens with zero attached hydrogens (tertiary/aromatic N) is 6. The first kappa shape index (κ1) is 46.8. The summed E-state index contributed by atoms with van der Waals surface area (Å²) >= 11 is 0. The van der Waals surface area contributed by atoms with Crippen molar-refractivity contribution in [2.45, 2.75) is 42.2 Å². The zero-order chi connectivity index (χ0) is 46.9. The van der Waals surface area contributed by atoms with Crippen molar-refractivity contribution in [2.75, 3.05) is 45.8 Å². The molecule has 0 spiro atoms. The average molecular weight is 943 g/mol. The molecular formula is C44H40F6N6O7S2. The molecule has 0 radical (unpaired) electrons. The van der Waals surface area contributed by atoms with Crippen LogP contribution >= 0.6 is 0 Å². The van der Waals surface area contributed by atoms with E-state index in [1.54, 1.807) is 47.3 Å². The van der Waals surface area contributed by atoms with Crippen LogP contribution in [0.2, 0.25) is 0 Å². The summed E-state index contributed by atoms with van der Waals surface area (Å²) in [6.07, 6.45) is -6.09. The van der Waals surface area contributed by atoms with Crippen molar-refractivity contribution in [1.29, 1.82) is 0 Å². The summed E-state index contributed by atoms with van der Waals surface area (Å²) in [7, 11) is -7.91. The van der Waals surface area contributed by atoms with E-state index in [0.717, 1.165) is 70.4 Å². The van der Waals surface area contributed by atoms with Crippen LogP contribution in [0.3, 0.4) is 0 Å². The number of amides is 2. The van der Waals surface area contributed by atoms with E-state index >= 15 is 0 Å². The Morgan fingerprint density at radius 3 is 1.85 bits per heavy atom. The molecule has 0 N–H and O–H groups in total. The van der Waals surface area contributed by atoms with Gasteiger partial charge in [-0.2, -0.15) is 21.8 Å². The van der Waals surface area contributed by atoms with E-state index in [-0.39, 0.29) is 67.4 Å². The number of pyridine rings is 2. The standard InChI is InChI=1S/C22H20F3N3O4S.C22H20F3N3O3S/c1-15-19(9-4-16-3-2-10-26-20(15)16)21(29)27-11-13-28(14-12-27)33(30,31)18-7-5-17(6-8-18)32-22(23,24)25;1-15-14-27(32(30,31)19-8-6-18(7-9-19)22(23,24)25)11-12-28(15)21(29)17-5-4-16-3-2-10-26-20(16)13-17/h2-10H,11-14H2,1H3;2-10,13,15H,11-12,14H2,1H3/t;15-/m.0/s1. The number of piperazine rings is 2. The second-order valence-corrected chi connectivity index (χ2v) is 19.0. The van der Waals surface area contributed by atoms with Crippen LogP contribution in [0, 0.1) is 6.92 Å². The first-order chi connectivity index (χ1) is 30.6. The van der Waals surface area contributed by atoms with Crippen molar-refractivity contribution in [1.82, 2.24) is 28.4 Å². The Bertz CT molecular complexity index is 2950. The SMILES string of the molecule is C[C@H]1CN(S(=O)(=O)c2ccc(C(F)(F)F)cc2)CCN1C(=O)c1ccc2cccnc2c1.Cc1c(C(=O)N2CCN(S(=O)(=O)c3ccc(OC(F)(F)F)cc3)CC2)ccc2cccnc12. The highest BCUT2D eigenvalue weighted by Crippen LogP contribution is 2.31. The van der Waals surface area contributed by atoms with E-state index < -0.39 is 49.9 Å². The topological polar surface area (TPSA) is 150 Å². The number of hydrogen-bond acceptors (Lipinski definition) is 9. The van der Waals surface area contributed by atoms with E-state index in [0.29, 0.717) is 16.6 Å². The first-order valence-electron chi connectivity index (χ1n) is 20.0. The van der Waals surface area contributed by atoms with Gasteiger partial charge in [0.05, 0.1) is 26.4 Å². The second kappa shape index (κ2) is 18.4. The number of fused-ring (bicyclic) bond motifs is 2. The fourth-order valence-corrected chi connectivity index (χ4v) is 10.5. The molecule has 0 saturated carbocycles. The average Bonchev–Trinajstić information content (AvgIpc) is 3.28. The summed E-state index contributed by atoms with van der Waals surface area (Å²) in [5.41, 5.74) is 2.25. The first-order valence-corrected chi connectivity index (χ1v) is 22.8. The van der Waals surface area contributed by atoms with Crippen LogP contribution < -0.4 is 4.74 Å². The molecule has 0 bridgehead atoms. The number of aromatic nitrogens is 2. The number of halogens is 6. The van der Waals surface area contributed by atoms with Gasteiger partial charge < -0.3 is 14.5 Å². The van der Waals surface area contributed by atoms with Crippen molar-refractivity contribution in [3.8, 4) is 5.75 Å². The maximum absolute atomic E-state index is 13.1. The van der Waals surface area contributed by atoms with Crippen molar-refractivity contribution in [3.05, 3.63) is 138 Å². The van der Waals surface area contributed by atoms with E-state index in [1.165, 1.54) is 8.61 Å². The molecule has 342 valence electrons. The van der Waals surface area contributed by atoms with Crippen LogP contribution in [-0.4, -0.2) is 115 Å². The number of benzene rings is 4. The minimum Gasteiger partial charge on any atom is -0.406 e. The number of rotatable bonds is 7. The van der Waals surface area contributed by atoms with Gasteiger partial charge in [0.15, 0.2) is 0 Å². The molecule has 2 aromatic heterocycles. The van der Waals surface area contributed by atoms with Gasteiger partial charge in [-0.3, -0.25) is 19.6 Å². The van der Waals surface area contributed by atoms with Crippen LogP contribution in [0.25, 0.3) is 21.8 Å². The highest BCUT2D eigenvalue weighted by molar-refractivity contribution is 7.89. The Kier molecular flexibility index (Phi) is 13.2. The van der Waals surface area contributed by atoms with Gasteiger partial charge in [-0.05, 0) is 98.3 Å². The third kappa shape index (κ3) is 10.4. The van der Waals surface area contributed by atoms with Crippen molar-refractivity contribution < 1.29 is 57.5 Å². The normalized spacial score (nSPS) is 16.8. The molecule has 1 atom stereocenters. The molecule has 2 amide bonds. The number of sulfonamides is 2. The van der Waals surface area contributed by atoms with Gasteiger partial charge in [-0.1, -0.05) is 24.3 Å². The zero-order valence-corrected chi connectivity index (χ0v) is 36.3. The summed E-state index contributed by atoms with van der Waals surface area (Å²) in [6, 6.07) is 23.3. The Labute approximate surface area is 369 Å². The molecule has 2 aliphatic rings. The van der Waals surface area contributed by atoms with Gasteiger partial charge in [0.1, 0.15) is 5.75 Å². The Balaban J connectivity index is 0.000000194. The predicted octanol–water partition coefficient (Wildman–Crippen LogP) is 7.38. The van der Waals surface area contributed by atoms with Gasteiger partial charge in [0, 0.05) is 86.1 Å². The monoisotopic (exact) mass is 942 g/mol. The van der Waals surface area contributed by atoms with Gasteiger partial charge in [-0.25, -0.2) is 16.8 Å². The molecule has 21 heteroatoms. The molecule has 2 fully saturated rings. The molecular weight excluding hydrogens is 903 g/mol. The summed E-state index contributed by atoms with van der Waals surface area (Å²) < 4.78 is 133. The molecule has 8 rings (SSSR count). The van der Waals surface area contributed by atoms with E-state index in [1.807, 2.05) is 43.3 Å². The number of carbonyl (C=O) groups is 2. The highest BCUT2D eigenvalue weighted by atomic mass is 32.2. The summed E-state index contributed by atoms with van der Waals surface area (Å²) in [4.78, 5) is 37.5. The van der Waals surface area contributed by atoms with Crippen molar-refractivity contribution in [3.63, 3.8) is 0 Å². The lowest BCUT2D eigenvalue weighted by atomic mass is 10.0. The minimum atomic E-state index is -4.86. The molecule has 2 saturated heterocycles. The summed E-state index contributed by atoms with van der Waals surface area (Å²) in [5.74, 6) is -0.931. The number of hydrogen-bond donors (Lipinski definition) is 0. The quantitative estimate of drug-likeness (QED) is 0.150. The predicted molar refractivity (Wildman–Crippen MR) is 227 cm³/mol. The zero-order valence-electron chi connectivity index (χ0n) is 34.6. The number of alkyl halides is 6. The summed E-state index contributed by atoms with van der Waals surface area (Å²) in [5, 5.41) is 1.83. The lowest BCUT2D eigenvalue weighted by molar-refractivity contribution is -0.274. The van der Waals surface area contributed by atoms with Gasteiger partial charge in [0.25, 0.3) is 11.8 Å². The summed E-state index contributed by atoms with van der Waals surface area (Å²) in [6.45, 7) is 4.34. The lowest BCUT2D eigenvalue weighted by Gasteiger charge is -2.39. The second-order valence-electron chi connectivity index (χ2n) is 15.2. The number of carbonyl (C=O) groups excluding carboxylic acids is 2. The van der Waals surface area contributed by atoms with Gasteiger partial charge in [-0.15, -0.1) is 13.2 Å². The van der Waals surface area contributed by atoms with Crippen LogP contribution in [0.1, 0.15) is 38.8 Å². The molecule has 4 aromatic carbocycles. The van der Waals surface area contributed by atoms with E-state index in [4.69, 9.17) is 0 Å². The van der Waals surface area contributed by atoms with Gasteiger partial charge >= 0.3 is 12.5 Å².